The van der Waals surface area contributed by atoms with E-state index in [0.717, 1.165) is 37.6 Å². The summed E-state index contributed by atoms with van der Waals surface area (Å²) in [6.45, 7) is 5.09. The number of rotatable bonds is 4. The number of aromatic nitrogens is 1. The number of benzene rings is 1. The molecule has 1 aromatic heterocycles. The predicted octanol–water partition coefficient (Wildman–Crippen LogP) is 1.58. The molecule has 0 unspecified atom stereocenters. The van der Waals surface area contributed by atoms with Crippen molar-refractivity contribution in [1.82, 2.24) is 4.98 Å². The Kier molecular flexibility index (Phi) is 4.95. The van der Waals surface area contributed by atoms with Gasteiger partial charge in [0.2, 0.25) is 0 Å². The number of pyridine rings is 1. The van der Waals surface area contributed by atoms with Gasteiger partial charge in [-0.05, 0) is 42.8 Å². The summed E-state index contributed by atoms with van der Waals surface area (Å²) in [6.07, 6.45) is 0. The first-order valence-corrected chi connectivity index (χ1v) is 8.06. The highest BCUT2D eigenvalue weighted by Gasteiger charge is 2.14. The van der Waals surface area contributed by atoms with E-state index in [4.69, 9.17) is 10.5 Å². The number of carbonyl (C=O) groups excluding carboxylic acids is 2. The van der Waals surface area contributed by atoms with Gasteiger partial charge in [-0.25, -0.2) is 4.98 Å². The molecular weight excluding hydrogens is 320 g/mol. The molecule has 1 fully saturated rings. The van der Waals surface area contributed by atoms with E-state index in [1.165, 1.54) is 6.07 Å². The highest BCUT2D eigenvalue weighted by atomic mass is 16.5. The zero-order valence-electron chi connectivity index (χ0n) is 14.0. The van der Waals surface area contributed by atoms with Crippen molar-refractivity contribution in [3.05, 3.63) is 53.3 Å². The average molecular weight is 340 g/mol. The Hall–Kier alpha value is -2.93. The van der Waals surface area contributed by atoms with E-state index >= 15 is 0 Å². The van der Waals surface area contributed by atoms with E-state index in [9.17, 15) is 9.59 Å². The number of amides is 2. The van der Waals surface area contributed by atoms with Gasteiger partial charge in [0.1, 0.15) is 11.4 Å². The van der Waals surface area contributed by atoms with Gasteiger partial charge < -0.3 is 20.7 Å². The van der Waals surface area contributed by atoms with Gasteiger partial charge in [0, 0.05) is 24.5 Å². The Balaban J connectivity index is 1.75. The van der Waals surface area contributed by atoms with Crippen LogP contribution in [0.5, 0.6) is 0 Å². The van der Waals surface area contributed by atoms with Gasteiger partial charge in [0.05, 0.1) is 13.2 Å². The van der Waals surface area contributed by atoms with Crippen LogP contribution in [-0.4, -0.2) is 43.1 Å². The van der Waals surface area contributed by atoms with Crippen LogP contribution >= 0.6 is 0 Å². The van der Waals surface area contributed by atoms with E-state index in [-0.39, 0.29) is 17.3 Å². The SMILES string of the molecule is Cc1cc(N2CCOCC2)ccc1NC(=O)c1cccc(C(N)=O)n1. The van der Waals surface area contributed by atoms with Gasteiger partial charge in [-0.15, -0.1) is 0 Å². The fourth-order valence-corrected chi connectivity index (χ4v) is 2.69. The molecule has 0 aliphatic carbocycles. The van der Waals surface area contributed by atoms with Crippen molar-refractivity contribution >= 4 is 23.2 Å². The lowest BCUT2D eigenvalue weighted by Gasteiger charge is -2.29. The average Bonchev–Trinajstić information content (AvgIpc) is 2.64. The van der Waals surface area contributed by atoms with E-state index in [1.54, 1.807) is 12.1 Å². The molecule has 2 amide bonds. The first-order valence-electron chi connectivity index (χ1n) is 8.06. The number of anilines is 2. The van der Waals surface area contributed by atoms with Crippen molar-refractivity contribution in [2.24, 2.45) is 5.73 Å². The number of ether oxygens (including phenoxy) is 1. The first-order chi connectivity index (χ1) is 12.0. The molecule has 0 saturated carbocycles. The maximum absolute atomic E-state index is 12.4. The number of morpholine rings is 1. The Labute approximate surface area is 145 Å². The standard InChI is InChI=1S/C18H20N4O3/c1-12-11-13(22-7-9-25-10-8-22)5-6-14(12)21-18(24)16-4-2-3-15(20-16)17(19)23/h2-6,11H,7-10H2,1H3,(H2,19,23)(H,21,24). The second-order valence-corrected chi connectivity index (χ2v) is 5.83. The quantitative estimate of drug-likeness (QED) is 0.880. The van der Waals surface area contributed by atoms with E-state index in [1.807, 2.05) is 25.1 Å². The van der Waals surface area contributed by atoms with Crippen LogP contribution < -0.4 is 16.0 Å². The minimum atomic E-state index is -0.666. The van der Waals surface area contributed by atoms with Crippen LogP contribution in [0.15, 0.2) is 36.4 Å². The lowest BCUT2D eigenvalue weighted by molar-refractivity contribution is 0.0995. The van der Waals surface area contributed by atoms with Crippen molar-refractivity contribution in [2.45, 2.75) is 6.92 Å². The molecule has 7 heteroatoms. The number of hydrogen-bond acceptors (Lipinski definition) is 5. The maximum atomic E-state index is 12.4. The largest absolute Gasteiger partial charge is 0.378 e. The molecule has 2 aromatic rings. The van der Waals surface area contributed by atoms with Gasteiger partial charge in [-0.2, -0.15) is 0 Å². The van der Waals surface area contributed by atoms with Crippen molar-refractivity contribution in [3.63, 3.8) is 0 Å². The molecular formula is C18H20N4O3. The molecule has 7 nitrogen and oxygen atoms in total. The summed E-state index contributed by atoms with van der Waals surface area (Å²) < 4.78 is 5.36. The zero-order chi connectivity index (χ0) is 17.8. The molecule has 1 aliphatic rings. The summed E-state index contributed by atoms with van der Waals surface area (Å²) in [5, 5.41) is 2.83. The number of primary amides is 1. The number of carbonyl (C=O) groups is 2. The molecule has 1 aliphatic heterocycles. The fraction of sp³-hybridized carbons (Fsp3) is 0.278. The van der Waals surface area contributed by atoms with Crippen LogP contribution in [0.3, 0.4) is 0 Å². The molecule has 0 atom stereocenters. The van der Waals surface area contributed by atoms with E-state index in [0.29, 0.717) is 5.69 Å². The Morgan fingerprint density at radius 3 is 2.56 bits per heavy atom. The monoisotopic (exact) mass is 340 g/mol. The van der Waals surface area contributed by atoms with Crippen LogP contribution in [0, 0.1) is 6.92 Å². The molecule has 2 heterocycles. The first kappa shape index (κ1) is 16.9. The summed E-state index contributed by atoms with van der Waals surface area (Å²) in [7, 11) is 0. The highest BCUT2D eigenvalue weighted by Crippen LogP contribution is 2.23. The molecule has 3 rings (SSSR count). The third-order valence-electron chi connectivity index (χ3n) is 4.07. The zero-order valence-corrected chi connectivity index (χ0v) is 14.0. The molecule has 25 heavy (non-hydrogen) atoms. The van der Waals surface area contributed by atoms with E-state index < -0.39 is 5.91 Å². The number of hydrogen-bond donors (Lipinski definition) is 2. The number of nitrogens with one attached hydrogen (secondary N) is 1. The highest BCUT2D eigenvalue weighted by molar-refractivity contribution is 6.04. The smallest absolute Gasteiger partial charge is 0.274 e. The number of nitrogens with two attached hydrogens (primary N) is 1. The molecule has 0 bridgehead atoms. The topological polar surface area (TPSA) is 97.5 Å². The van der Waals surface area contributed by atoms with E-state index in [2.05, 4.69) is 15.2 Å². The van der Waals surface area contributed by atoms with Gasteiger partial charge in [-0.1, -0.05) is 6.07 Å². The van der Waals surface area contributed by atoms with Crippen molar-refractivity contribution < 1.29 is 14.3 Å². The maximum Gasteiger partial charge on any atom is 0.274 e. The molecule has 1 aromatic carbocycles. The molecule has 1 saturated heterocycles. The van der Waals surface area contributed by atoms with Crippen molar-refractivity contribution in [1.29, 1.82) is 0 Å². The fourth-order valence-electron chi connectivity index (χ4n) is 2.69. The Morgan fingerprint density at radius 2 is 1.88 bits per heavy atom. The van der Waals surface area contributed by atoms with Crippen LogP contribution in [-0.2, 0) is 4.74 Å². The normalized spacial score (nSPS) is 14.2. The lowest BCUT2D eigenvalue weighted by Crippen LogP contribution is -2.36. The van der Waals surface area contributed by atoms with Crippen molar-refractivity contribution in [3.8, 4) is 0 Å². The third-order valence-corrected chi connectivity index (χ3v) is 4.07. The minimum Gasteiger partial charge on any atom is -0.378 e. The Morgan fingerprint density at radius 1 is 1.16 bits per heavy atom. The lowest BCUT2D eigenvalue weighted by atomic mass is 10.1. The predicted molar refractivity (Wildman–Crippen MR) is 94.9 cm³/mol. The molecule has 3 N–H and O–H groups in total. The third kappa shape index (κ3) is 3.95. The molecule has 130 valence electrons. The van der Waals surface area contributed by atoms with Crippen molar-refractivity contribution in [2.75, 3.05) is 36.5 Å². The van der Waals surface area contributed by atoms with Crippen LogP contribution in [0.25, 0.3) is 0 Å². The Bertz CT molecular complexity index is 801. The van der Waals surface area contributed by atoms with Crippen LogP contribution in [0.4, 0.5) is 11.4 Å². The van der Waals surface area contributed by atoms with Gasteiger partial charge in [0.15, 0.2) is 0 Å². The van der Waals surface area contributed by atoms with Gasteiger partial charge in [-0.3, -0.25) is 9.59 Å². The molecule has 0 spiro atoms. The second kappa shape index (κ2) is 7.31. The summed E-state index contributed by atoms with van der Waals surface area (Å²) in [5.41, 5.74) is 8.16. The minimum absolute atomic E-state index is 0.0621. The van der Waals surface area contributed by atoms with Gasteiger partial charge in [0.25, 0.3) is 11.8 Å². The van der Waals surface area contributed by atoms with Crippen LogP contribution in [0.1, 0.15) is 26.5 Å². The summed E-state index contributed by atoms with van der Waals surface area (Å²) >= 11 is 0. The number of nitrogens with zero attached hydrogens (tertiary/aromatic N) is 2. The summed E-state index contributed by atoms with van der Waals surface area (Å²) in [5.74, 6) is -1.05. The molecule has 0 radical (unpaired) electrons. The summed E-state index contributed by atoms with van der Waals surface area (Å²) in [4.78, 5) is 29.8. The van der Waals surface area contributed by atoms with Crippen LogP contribution in [0.2, 0.25) is 0 Å². The van der Waals surface area contributed by atoms with Gasteiger partial charge >= 0.3 is 0 Å². The second-order valence-electron chi connectivity index (χ2n) is 5.83. The summed E-state index contributed by atoms with van der Waals surface area (Å²) in [6, 6.07) is 10.5. The number of aryl methyl sites for hydroxylation is 1.